The topological polar surface area (TPSA) is 24.5 Å². The van der Waals surface area contributed by atoms with E-state index in [0.717, 1.165) is 18.8 Å². The minimum atomic E-state index is 0.385. The number of rotatable bonds is 6. The summed E-state index contributed by atoms with van der Waals surface area (Å²) in [5, 5.41) is 3.62. The molecule has 3 nitrogen and oxygen atoms in total. The van der Waals surface area contributed by atoms with Crippen molar-refractivity contribution >= 4 is 0 Å². The lowest BCUT2D eigenvalue weighted by molar-refractivity contribution is 0.144. The number of hydrogen-bond donors (Lipinski definition) is 1. The van der Waals surface area contributed by atoms with Crippen LogP contribution in [0.3, 0.4) is 0 Å². The fourth-order valence-electron chi connectivity index (χ4n) is 3.06. The first kappa shape index (κ1) is 15.3. The van der Waals surface area contributed by atoms with Crippen molar-refractivity contribution in [3.8, 4) is 5.75 Å². The van der Waals surface area contributed by atoms with Crippen LogP contribution in [0, 0.1) is 0 Å². The van der Waals surface area contributed by atoms with E-state index in [1.165, 1.54) is 31.4 Å². The monoisotopic (exact) mass is 276 g/mol. The Hall–Kier alpha value is -1.06. The van der Waals surface area contributed by atoms with Gasteiger partial charge in [-0.05, 0) is 50.6 Å². The van der Waals surface area contributed by atoms with Crippen molar-refractivity contribution in [3.05, 3.63) is 29.8 Å². The molecule has 2 atom stereocenters. The zero-order chi connectivity index (χ0) is 14.4. The molecule has 1 aliphatic rings. The van der Waals surface area contributed by atoms with Crippen molar-refractivity contribution in [2.75, 3.05) is 26.7 Å². The maximum atomic E-state index is 5.35. The lowest BCUT2D eigenvalue weighted by atomic mass is 10.0. The van der Waals surface area contributed by atoms with Gasteiger partial charge in [0.15, 0.2) is 0 Å². The van der Waals surface area contributed by atoms with Gasteiger partial charge in [0.05, 0.1) is 7.11 Å². The first-order valence-electron chi connectivity index (χ1n) is 7.86. The van der Waals surface area contributed by atoms with Crippen molar-refractivity contribution in [2.24, 2.45) is 0 Å². The van der Waals surface area contributed by atoms with Crippen LogP contribution in [0.5, 0.6) is 5.75 Å². The van der Waals surface area contributed by atoms with E-state index in [9.17, 15) is 0 Å². The molecule has 2 unspecified atom stereocenters. The van der Waals surface area contributed by atoms with E-state index in [2.05, 4.69) is 42.3 Å². The first-order chi connectivity index (χ1) is 9.74. The maximum absolute atomic E-state index is 5.35. The Labute approximate surface area is 123 Å². The molecular formula is C17H28N2O. The Morgan fingerprint density at radius 2 is 2.25 bits per heavy atom. The molecule has 0 bridgehead atoms. The summed E-state index contributed by atoms with van der Waals surface area (Å²) in [6.07, 6.45) is 4.04. The zero-order valence-corrected chi connectivity index (χ0v) is 13.1. The van der Waals surface area contributed by atoms with Gasteiger partial charge in [-0.25, -0.2) is 0 Å². The van der Waals surface area contributed by atoms with Crippen LogP contribution in [-0.2, 0) is 0 Å². The van der Waals surface area contributed by atoms with Gasteiger partial charge in [0.1, 0.15) is 5.75 Å². The number of hydrogen-bond acceptors (Lipinski definition) is 3. The van der Waals surface area contributed by atoms with Crippen LogP contribution in [0.25, 0.3) is 0 Å². The summed E-state index contributed by atoms with van der Waals surface area (Å²) in [4.78, 5) is 2.62. The van der Waals surface area contributed by atoms with Crippen LogP contribution in [0.4, 0.5) is 0 Å². The molecule has 1 heterocycles. The quantitative estimate of drug-likeness (QED) is 0.863. The molecule has 1 fully saturated rings. The summed E-state index contributed by atoms with van der Waals surface area (Å²) >= 11 is 0. The normalized spacial score (nSPS) is 21.6. The van der Waals surface area contributed by atoms with Crippen LogP contribution in [-0.4, -0.2) is 37.7 Å². The molecule has 0 spiro atoms. The number of nitrogens with one attached hydrogen (secondary N) is 1. The molecule has 3 heteroatoms. The molecule has 2 rings (SSSR count). The van der Waals surface area contributed by atoms with Gasteiger partial charge >= 0.3 is 0 Å². The van der Waals surface area contributed by atoms with Crippen molar-refractivity contribution in [1.82, 2.24) is 10.2 Å². The van der Waals surface area contributed by atoms with Gasteiger partial charge in [0, 0.05) is 18.6 Å². The number of ether oxygens (including phenoxy) is 1. The van der Waals surface area contributed by atoms with Crippen molar-refractivity contribution in [3.63, 3.8) is 0 Å². The van der Waals surface area contributed by atoms with E-state index in [1.54, 1.807) is 7.11 Å². The minimum Gasteiger partial charge on any atom is -0.497 e. The SMILES string of the molecule is CCNC(CN1CCCCC1C)c1cccc(OC)c1. The van der Waals surface area contributed by atoms with E-state index in [-0.39, 0.29) is 0 Å². The Bertz CT molecular complexity index is 408. The van der Waals surface area contributed by atoms with Crippen LogP contribution in [0.15, 0.2) is 24.3 Å². The van der Waals surface area contributed by atoms with Gasteiger partial charge in [-0.2, -0.15) is 0 Å². The molecular weight excluding hydrogens is 248 g/mol. The van der Waals surface area contributed by atoms with E-state index < -0.39 is 0 Å². The number of nitrogens with zero attached hydrogens (tertiary/aromatic N) is 1. The lowest BCUT2D eigenvalue weighted by Crippen LogP contribution is -2.43. The van der Waals surface area contributed by atoms with Crippen LogP contribution >= 0.6 is 0 Å². The highest BCUT2D eigenvalue weighted by Gasteiger charge is 2.22. The molecule has 0 radical (unpaired) electrons. The van der Waals surface area contributed by atoms with Crippen LogP contribution < -0.4 is 10.1 Å². The average Bonchev–Trinajstić information content (AvgIpc) is 2.49. The van der Waals surface area contributed by atoms with Gasteiger partial charge in [-0.15, -0.1) is 0 Å². The number of piperidine rings is 1. The second-order valence-corrected chi connectivity index (χ2v) is 5.73. The Balaban J connectivity index is 2.08. The first-order valence-corrected chi connectivity index (χ1v) is 7.86. The molecule has 1 saturated heterocycles. The fourth-order valence-corrected chi connectivity index (χ4v) is 3.06. The third kappa shape index (κ3) is 3.97. The Morgan fingerprint density at radius 1 is 1.40 bits per heavy atom. The van der Waals surface area contributed by atoms with Gasteiger partial charge in [0.2, 0.25) is 0 Å². The highest BCUT2D eigenvalue weighted by Crippen LogP contribution is 2.23. The molecule has 0 aromatic heterocycles. The smallest absolute Gasteiger partial charge is 0.119 e. The number of methoxy groups -OCH3 is 1. The van der Waals surface area contributed by atoms with Crippen LogP contribution in [0.2, 0.25) is 0 Å². The van der Waals surface area contributed by atoms with E-state index in [0.29, 0.717) is 12.1 Å². The lowest BCUT2D eigenvalue weighted by Gasteiger charge is -2.36. The van der Waals surface area contributed by atoms with Crippen LogP contribution in [0.1, 0.15) is 44.7 Å². The van der Waals surface area contributed by atoms with Gasteiger partial charge in [-0.3, -0.25) is 4.90 Å². The summed E-state index contributed by atoms with van der Waals surface area (Å²) in [7, 11) is 1.73. The third-order valence-corrected chi connectivity index (χ3v) is 4.30. The molecule has 0 aliphatic carbocycles. The second-order valence-electron chi connectivity index (χ2n) is 5.73. The molecule has 1 aliphatic heterocycles. The Kier molecular flexibility index (Phi) is 5.86. The molecule has 1 aromatic carbocycles. The average molecular weight is 276 g/mol. The summed E-state index contributed by atoms with van der Waals surface area (Å²) in [5.74, 6) is 0.942. The van der Waals surface area contributed by atoms with Gasteiger partial charge in [-0.1, -0.05) is 25.5 Å². The van der Waals surface area contributed by atoms with E-state index in [4.69, 9.17) is 4.74 Å². The molecule has 112 valence electrons. The number of benzene rings is 1. The van der Waals surface area contributed by atoms with E-state index in [1.807, 2.05) is 6.07 Å². The third-order valence-electron chi connectivity index (χ3n) is 4.30. The Morgan fingerprint density at radius 3 is 2.95 bits per heavy atom. The van der Waals surface area contributed by atoms with Crippen molar-refractivity contribution < 1.29 is 4.74 Å². The van der Waals surface area contributed by atoms with Crippen molar-refractivity contribution in [1.29, 1.82) is 0 Å². The highest BCUT2D eigenvalue weighted by molar-refractivity contribution is 5.30. The summed E-state index contributed by atoms with van der Waals surface area (Å²) in [6.45, 7) is 7.83. The molecule has 1 aromatic rings. The second kappa shape index (κ2) is 7.65. The number of likely N-dealkylation sites (tertiary alicyclic amines) is 1. The molecule has 20 heavy (non-hydrogen) atoms. The highest BCUT2D eigenvalue weighted by atomic mass is 16.5. The summed E-state index contributed by atoms with van der Waals surface area (Å²) < 4.78 is 5.35. The summed E-state index contributed by atoms with van der Waals surface area (Å²) in [6, 6.07) is 9.53. The predicted octanol–water partition coefficient (Wildman–Crippen LogP) is 3.22. The molecule has 1 N–H and O–H groups in total. The molecule has 0 saturated carbocycles. The van der Waals surface area contributed by atoms with Gasteiger partial charge < -0.3 is 10.1 Å². The maximum Gasteiger partial charge on any atom is 0.119 e. The predicted molar refractivity (Wildman–Crippen MR) is 84.3 cm³/mol. The molecule has 0 amide bonds. The minimum absolute atomic E-state index is 0.385. The standard InChI is InChI=1S/C17H28N2O/c1-4-18-17(13-19-11-6-5-8-14(19)2)15-9-7-10-16(12-15)20-3/h7,9-10,12,14,17-18H,4-6,8,11,13H2,1-3H3. The fraction of sp³-hybridized carbons (Fsp3) is 0.647. The van der Waals surface area contributed by atoms with E-state index >= 15 is 0 Å². The summed E-state index contributed by atoms with van der Waals surface area (Å²) in [5.41, 5.74) is 1.32. The zero-order valence-electron chi connectivity index (χ0n) is 13.1. The van der Waals surface area contributed by atoms with Crippen molar-refractivity contribution in [2.45, 2.75) is 45.2 Å². The van der Waals surface area contributed by atoms with Gasteiger partial charge in [0.25, 0.3) is 0 Å². The largest absolute Gasteiger partial charge is 0.497 e. The number of likely N-dealkylation sites (N-methyl/N-ethyl adjacent to an activating group) is 1.